The molecule has 5 rings (SSSR count). The van der Waals surface area contributed by atoms with Crippen molar-refractivity contribution in [1.29, 1.82) is 0 Å². The Kier molecular flexibility index (Phi) is 5.98. The third-order valence-electron chi connectivity index (χ3n) is 6.82. The van der Waals surface area contributed by atoms with Gasteiger partial charge >= 0.3 is 0 Å². The molecule has 0 unspecified atom stereocenters. The summed E-state index contributed by atoms with van der Waals surface area (Å²) in [4.78, 5) is 31.7. The molecule has 1 heterocycles. The maximum Gasteiger partial charge on any atom is 0.296 e. The number of hydrogen-bond donors (Lipinski definition) is 1. The van der Waals surface area contributed by atoms with Crippen LogP contribution in [0.25, 0.3) is 11.1 Å². The first-order valence-electron chi connectivity index (χ1n) is 11.7. The van der Waals surface area contributed by atoms with Crippen LogP contribution in [0.15, 0.2) is 40.8 Å². The minimum Gasteiger partial charge on any atom is -0.493 e. The smallest absolute Gasteiger partial charge is 0.296 e. The highest BCUT2D eigenvalue weighted by atomic mass is 35.5. The van der Waals surface area contributed by atoms with Crippen LogP contribution in [0.3, 0.4) is 0 Å². The Labute approximate surface area is 203 Å². The summed E-state index contributed by atoms with van der Waals surface area (Å²) in [5.74, 6) is 0.220. The average Bonchev–Trinajstić information content (AvgIpc) is 3.20. The van der Waals surface area contributed by atoms with E-state index in [1.54, 1.807) is 17.0 Å². The van der Waals surface area contributed by atoms with E-state index >= 15 is 0 Å². The van der Waals surface area contributed by atoms with Crippen LogP contribution in [0.4, 0.5) is 6.01 Å². The molecule has 2 aromatic carbocycles. The molecule has 0 atom stereocenters. The lowest BCUT2D eigenvalue weighted by Gasteiger charge is -2.28. The number of Topliss-reactive ketones (excluding diaryl/α,β-unsaturated/α-hetero) is 1. The lowest BCUT2D eigenvalue weighted by molar-refractivity contribution is -0.118. The molecule has 1 aromatic heterocycles. The second-order valence-corrected chi connectivity index (χ2v) is 9.77. The Morgan fingerprint density at radius 3 is 2.65 bits per heavy atom. The highest BCUT2D eigenvalue weighted by molar-refractivity contribution is 6.30. The molecule has 8 heteroatoms. The van der Waals surface area contributed by atoms with E-state index in [1.807, 2.05) is 24.3 Å². The van der Waals surface area contributed by atoms with Gasteiger partial charge in [0.15, 0.2) is 11.3 Å². The number of nitrogens with zero attached hydrogens (tertiary/aromatic N) is 2. The minimum atomic E-state index is -0.265. The van der Waals surface area contributed by atoms with Gasteiger partial charge in [0.1, 0.15) is 11.3 Å². The highest BCUT2D eigenvalue weighted by Gasteiger charge is 2.45. The number of carbonyl (C=O) groups is 2. The van der Waals surface area contributed by atoms with Gasteiger partial charge in [0.05, 0.1) is 19.2 Å². The van der Waals surface area contributed by atoms with Crippen molar-refractivity contribution in [2.45, 2.75) is 57.0 Å². The number of fused-ring (bicyclic) bond motifs is 1. The molecule has 2 saturated carbocycles. The molecule has 34 heavy (non-hydrogen) atoms. The predicted molar refractivity (Wildman–Crippen MR) is 131 cm³/mol. The summed E-state index contributed by atoms with van der Waals surface area (Å²) in [6.07, 6.45) is 5.86. The zero-order valence-corrected chi connectivity index (χ0v) is 20.2. The summed E-state index contributed by atoms with van der Waals surface area (Å²) in [7, 11) is 1.54. The number of amides is 1. The van der Waals surface area contributed by atoms with Gasteiger partial charge in [-0.3, -0.25) is 9.59 Å². The number of benzene rings is 2. The Hall–Kier alpha value is -3.06. The van der Waals surface area contributed by atoms with Crippen LogP contribution < -0.4 is 10.1 Å². The number of hydrogen-bond acceptors (Lipinski definition) is 6. The van der Waals surface area contributed by atoms with Crippen molar-refractivity contribution in [3.8, 4) is 5.75 Å². The van der Waals surface area contributed by atoms with Crippen molar-refractivity contribution in [2.24, 2.45) is 0 Å². The summed E-state index contributed by atoms with van der Waals surface area (Å²) in [6, 6.07) is 11.6. The van der Waals surface area contributed by atoms with Gasteiger partial charge in [-0.05, 0) is 62.4 Å². The highest BCUT2D eigenvalue weighted by Crippen LogP contribution is 2.49. The third-order valence-corrected chi connectivity index (χ3v) is 7.05. The van der Waals surface area contributed by atoms with Gasteiger partial charge in [-0.15, -0.1) is 0 Å². The second-order valence-electron chi connectivity index (χ2n) is 9.34. The summed E-state index contributed by atoms with van der Waals surface area (Å²) in [5.41, 5.74) is 2.26. The fourth-order valence-corrected chi connectivity index (χ4v) is 5.11. The number of ether oxygens (including phenoxy) is 1. The summed E-state index contributed by atoms with van der Waals surface area (Å²) < 4.78 is 11.6. The summed E-state index contributed by atoms with van der Waals surface area (Å²) in [5, 5.41) is 4.11. The van der Waals surface area contributed by atoms with Gasteiger partial charge in [-0.2, -0.15) is 4.98 Å². The number of aromatic nitrogens is 1. The molecule has 0 bridgehead atoms. The Balaban J connectivity index is 1.46. The van der Waals surface area contributed by atoms with Crippen molar-refractivity contribution in [3.63, 3.8) is 0 Å². The number of nitrogens with one attached hydrogen (secondary N) is 1. The average molecular weight is 482 g/mol. The fraction of sp³-hybridized carbons (Fsp3) is 0.423. The van der Waals surface area contributed by atoms with Gasteiger partial charge < -0.3 is 19.4 Å². The van der Waals surface area contributed by atoms with E-state index in [4.69, 9.17) is 20.8 Å². The zero-order valence-electron chi connectivity index (χ0n) is 19.4. The molecular weight excluding hydrogens is 454 g/mol. The molecule has 0 radical (unpaired) electrons. The first-order valence-corrected chi connectivity index (χ1v) is 12.1. The zero-order chi connectivity index (χ0) is 23.9. The first-order chi connectivity index (χ1) is 16.4. The van der Waals surface area contributed by atoms with Crippen LogP contribution in [-0.4, -0.2) is 41.3 Å². The van der Waals surface area contributed by atoms with Crippen LogP contribution in [-0.2, 0) is 10.3 Å². The maximum atomic E-state index is 13.5. The monoisotopic (exact) mass is 481 g/mol. The molecule has 3 aromatic rings. The van der Waals surface area contributed by atoms with E-state index in [1.165, 1.54) is 14.0 Å². The first kappa shape index (κ1) is 22.7. The van der Waals surface area contributed by atoms with E-state index in [0.29, 0.717) is 33.4 Å². The SMILES string of the molecule is COc1cc(C(=O)N(CC(C)=O)C2CCCC2)cc2nc(NC3(c4cccc(Cl)c4)CC3)oc12. The number of rotatable bonds is 8. The van der Waals surface area contributed by atoms with Crippen molar-refractivity contribution < 1.29 is 18.7 Å². The van der Waals surface area contributed by atoms with Crippen LogP contribution in [0.2, 0.25) is 5.02 Å². The van der Waals surface area contributed by atoms with Gasteiger partial charge in [0, 0.05) is 16.6 Å². The van der Waals surface area contributed by atoms with E-state index in [-0.39, 0.29) is 29.8 Å². The maximum absolute atomic E-state index is 13.5. The predicted octanol–water partition coefficient (Wildman–Crippen LogP) is 5.56. The molecule has 0 aliphatic heterocycles. The van der Waals surface area contributed by atoms with Crippen LogP contribution in [0.1, 0.15) is 61.4 Å². The molecule has 1 N–H and O–H groups in total. The van der Waals surface area contributed by atoms with Crippen molar-refractivity contribution >= 4 is 40.4 Å². The number of methoxy groups -OCH3 is 1. The normalized spacial score (nSPS) is 17.0. The Morgan fingerprint density at radius 2 is 2.00 bits per heavy atom. The summed E-state index contributed by atoms with van der Waals surface area (Å²) in [6.45, 7) is 1.62. The lowest BCUT2D eigenvalue weighted by atomic mass is 10.1. The standard InChI is InChI=1S/C26H28ClN3O4/c1-16(31)15-30(20-8-3-4-9-20)24(32)17-12-21-23(22(13-17)33-2)34-25(28-21)29-26(10-11-26)18-6-5-7-19(27)14-18/h5-7,12-14,20H,3-4,8-11,15H2,1-2H3,(H,28,29). The van der Waals surface area contributed by atoms with Crippen LogP contribution in [0, 0.1) is 0 Å². The largest absolute Gasteiger partial charge is 0.493 e. The van der Waals surface area contributed by atoms with Gasteiger partial charge in [-0.25, -0.2) is 0 Å². The van der Waals surface area contributed by atoms with Crippen LogP contribution in [0.5, 0.6) is 5.75 Å². The third kappa shape index (κ3) is 4.37. The number of anilines is 1. The molecule has 178 valence electrons. The topological polar surface area (TPSA) is 84.7 Å². The molecular formula is C26H28ClN3O4. The summed E-state index contributed by atoms with van der Waals surface area (Å²) >= 11 is 6.20. The quantitative estimate of drug-likeness (QED) is 0.453. The molecule has 2 aliphatic rings. The van der Waals surface area contributed by atoms with Crippen molar-refractivity contribution in [1.82, 2.24) is 9.88 Å². The van der Waals surface area contributed by atoms with Crippen molar-refractivity contribution in [2.75, 3.05) is 19.0 Å². The Bertz CT molecular complexity index is 1240. The fourth-order valence-electron chi connectivity index (χ4n) is 4.92. The van der Waals surface area contributed by atoms with E-state index < -0.39 is 0 Å². The van der Waals surface area contributed by atoms with Gasteiger partial charge in [0.25, 0.3) is 11.9 Å². The molecule has 2 aliphatic carbocycles. The van der Waals surface area contributed by atoms with E-state index in [2.05, 4.69) is 10.3 Å². The van der Waals surface area contributed by atoms with Gasteiger partial charge in [-0.1, -0.05) is 36.6 Å². The van der Waals surface area contributed by atoms with Gasteiger partial charge in [0.2, 0.25) is 0 Å². The number of carbonyl (C=O) groups excluding carboxylic acids is 2. The molecule has 2 fully saturated rings. The van der Waals surface area contributed by atoms with Crippen LogP contribution >= 0.6 is 11.6 Å². The molecule has 7 nitrogen and oxygen atoms in total. The number of oxazole rings is 1. The second kappa shape index (κ2) is 8.95. The van der Waals surface area contributed by atoms with E-state index in [0.717, 1.165) is 44.1 Å². The minimum absolute atomic E-state index is 0.0306. The molecule has 0 saturated heterocycles. The van der Waals surface area contributed by atoms with E-state index in [9.17, 15) is 9.59 Å². The number of ketones is 1. The lowest BCUT2D eigenvalue weighted by Crippen LogP contribution is -2.41. The molecule has 0 spiro atoms. The molecule has 1 amide bonds. The van der Waals surface area contributed by atoms with Crippen molar-refractivity contribution in [3.05, 3.63) is 52.5 Å². The Morgan fingerprint density at radius 1 is 1.24 bits per heavy atom. The number of halogens is 1.